The fourth-order valence-corrected chi connectivity index (χ4v) is 8.10. The van der Waals surface area contributed by atoms with Crippen LogP contribution in [0.15, 0.2) is 102 Å². The van der Waals surface area contributed by atoms with Gasteiger partial charge in [0.05, 0.1) is 42.3 Å². The van der Waals surface area contributed by atoms with E-state index >= 15 is 0 Å². The van der Waals surface area contributed by atoms with Crippen molar-refractivity contribution in [2.24, 2.45) is 11.8 Å². The predicted molar refractivity (Wildman–Crippen MR) is 262 cm³/mol. The number of urea groups is 2. The summed E-state index contributed by atoms with van der Waals surface area (Å²) >= 11 is 4.34. The second-order valence-corrected chi connectivity index (χ2v) is 19.1. The quantitative estimate of drug-likeness (QED) is 0.0395. The molecule has 2 heterocycles. The highest BCUT2D eigenvalue weighted by Crippen LogP contribution is 2.30. The fourth-order valence-electron chi connectivity index (χ4n) is 5.65. The average molecular weight is 955 g/mol. The van der Waals surface area contributed by atoms with Crippen LogP contribution < -0.4 is 35.5 Å². The molecule has 6 rings (SSSR count). The molecule has 0 aliphatic heterocycles. The maximum absolute atomic E-state index is 12.5. The number of aromatic nitrogens is 2. The molecule has 0 unspecified atom stereocenters. The van der Waals surface area contributed by atoms with Crippen molar-refractivity contribution in [3.8, 4) is 17.2 Å². The van der Waals surface area contributed by atoms with E-state index in [1.165, 1.54) is 22.7 Å². The molecule has 6 aromatic rings. The van der Waals surface area contributed by atoms with E-state index in [1.54, 1.807) is 48.4 Å². The number of carboxylic acids is 2. The first-order valence-electron chi connectivity index (χ1n) is 21.0. The Morgan fingerprint density at radius 1 is 0.606 bits per heavy atom. The van der Waals surface area contributed by atoms with Crippen LogP contribution >= 0.6 is 34.4 Å². The van der Waals surface area contributed by atoms with Crippen LogP contribution in [0.5, 0.6) is 17.2 Å². The molecular formula is C48H54N6O9S3. The third kappa shape index (κ3) is 17.7. The lowest BCUT2D eigenvalue weighted by atomic mass is 10.1. The summed E-state index contributed by atoms with van der Waals surface area (Å²) in [7, 11) is 0. The van der Waals surface area contributed by atoms with Crippen molar-refractivity contribution >= 4 is 80.1 Å². The molecule has 0 aliphatic rings. The van der Waals surface area contributed by atoms with Gasteiger partial charge in [-0.25, -0.2) is 19.6 Å². The Morgan fingerprint density at radius 3 is 1.53 bits per heavy atom. The number of hydrogen-bond donors (Lipinski definition) is 6. The lowest BCUT2D eigenvalue weighted by molar-refractivity contribution is -0.137. The number of thioether (sulfide) groups is 1. The van der Waals surface area contributed by atoms with Crippen molar-refractivity contribution in [2.45, 2.75) is 71.6 Å². The van der Waals surface area contributed by atoms with Gasteiger partial charge >= 0.3 is 24.0 Å². The zero-order valence-electron chi connectivity index (χ0n) is 37.5. The van der Waals surface area contributed by atoms with Gasteiger partial charge in [0.15, 0.2) is 10.3 Å². The van der Waals surface area contributed by atoms with Crippen molar-refractivity contribution in [2.75, 3.05) is 34.5 Å². The normalized spacial score (nSPS) is 10.7. The van der Waals surface area contributed by atoms with Gasteiger partial charge < -0.3 is 35.1 Å². The number of thiazole rings is 2. The van der Waals surface area contributed by atoms with Gasteiger partial charge in [0.2, 0.25) is 0 Å². The number of rotatable bonds is 20. The molecule has 4 amide bonds. The summed E-state index contributed by atoms with van der Waals surface area (Å²) in [5.74, 6) is 1.62. The third-order valence-corrected chi connectivity index (χ3v) is 11.8. The van der Waals surface area contributed by atoms with E-state index in [-0.39, 0.29) is 25.5 Å². The smallest absolute Gasteiger partial charge is 0.325 e. The summed E-state index contributed by atoms with van der Waals surface area (Å²) < 4.78 is 17.4. The van der Waals surface area contributed by atoms with E-state index < -0.39 is 18.0 Å². The first-order chi connectivity index (χ1) is 31.6. The van der Waals surface area contributed by atoms with E-state index in [4.69, 9.17) is 24.4 Å². The third-order valence-electron chi connectivity index (χ3n) is 8.78. The van der Waals surface area contributed by atoms with E-state index in [1.807, 2.05) is 74.5 Å². The van der Waals surface area contributed by atoms with Gasteiger partial charge in [-0.15, -0.1) is 23.1 Å². The van der Waals surface area contributed by atoms with Crippen LogP contribution in [0.4, 0.5) is 31.2 Å². The number of nitrogens with one attached hydrogen (secondary N) is 4. The Kier molecular flexibility index (Phi) is 19.2. The van der Waals surface area contributed by atoms with Crippen molar-refractivity contribution in [1.29, 1.82) is 0 Å². The molecule has 0 spiro atoms. The summed E-state index contributed by atoms with van der Waals surface area (Å²) in [6, 6.07) is 24.9. The molecule has 4 aromatic carbocycles. The second kappa shape index (κ2) is 25.2. The molecule has 0 saturated heterocycles. The maximum atomic E-state index is 12.5. The number of ether oxygens (including phenoxy) is 3. The molecule has 0 saturated carbocycles. The molecule has 2 aromatic heterocycles. The molecule has 0 aliphatic carbocycles. The topological polar surface area (TPSA) is 210 Å². The summed E-state index contributed by atoms with van der Waals surface area (Å²) in [5, 5.41) is 29.8. The fraction of sp³-hybridized carbons (Fsp3) is 0.292. The number of carbonyl (C=O) groups is 4. The Labute approximate surface area is 396 Å². The first-order valence-corrected chi connectivity index (χ1v) is 23.6. The minimum Gasteiger partial charge on any atom is -0.491 e. The maximum Gasteiger partial charge on any atom is 0.325 e. The number of carbonyl (C=O) groups excluding carboxylic acids is 2. The second-order valence-electron chi connectivity index (χ2n) is 15.8. The van der Waals surface area contributed by atoms with Gasteiger partial charge in [-0.1, -0.05) is 75.4 Å². The van der Waals surface area contributed by atoms with Crippen LogP contribution in [0.25, 0.3) is 0 Å². The number of anilines is 4. The molecule has 0 radical (unpaired) electrons. The van der Waals surface area contributed by atoms with Crippen LogP contribution in [0, 0.1) is 25.7 Å². The number of carboxylic acid groups (broad SMARTS) is 2. The zero-order valence-corrected chi connectivity index (χ0v) is 40.0. The molecule has 18 heteroatoms. The number of nitrogens with zero attached hydrogens (tertiary/aromatic N) is 2. The zero-order chi connectivity index (χ0) is 47.6. The summed E-state index contributed by atoms with van der Waals surface area (Å²) in [6.07, 6.45) is 3.38. The lowest BCUT2D eigenvalue weighted by Crippen LogP contribution is -2.20. The first kappa shape index (κ1) is 50.4. The number of aliphatic carboxylic acids is 2. The van der Waals surface area contributed by atoms with Gasteiger partial charge in [-0.3, -0.25) is 20.2 Å². The molecule has 15 nitrogen and oxygen atoms in total. The van der Waals surface area contributed by atoms with Gasteiger partial charge in [0.1, 0.15) is 23.9 Å². The molecule has 0 fully saturated rings. The van der Waals surface area contributed by atoms with Crippen molar-refractivity contribution < 1.29 is 43.6 Å². The monoisotopic (exact) mass is 954 g/mol. The molecular weight excluding hydrogens is 901 g/mol. The number of hydrogen-bond acceptors (Lipinski definition) is 12. The molecule has 66 heavy (non-hydrogen) atoms. The van der Waals surface area contributed by atoms with Crippen LogP contribution in [0.2, 0.25) is 0 Å². The number of amides is 4. The highest BCUT2D eigenvalue weighted by molar-refractivity contribution is 7.98. The van der Waals surface area contributed by atoms with Gasteiger partial charge in [-0.2, -0.15) is 0 Å². The van der Waals surface area contributed by atoms with E-state index in [0.29, 0.717) is 75.3 Å². The SMILES string of the molecule is Cc1ccc(NC(=O)Nc2ncc(COc3ccc(CC(=O)O)cc3)s2)c(OCC(C)C)c1.Cc1ccc(NC(=O)Nc2ncc(CSc3ccc(CC(=O)O)cc3)s2)c(OCC(C)C)c1. The van der Waals surface area contributed by atoms with E-state index in [0.717, 1.165) is 31.3 Å². The average Bonchev–Trinajstić information content (AvgIpc) is 3.91. The highest BCUT2D eigenvalue weighted by atomic mass is 32.2. The van der Waals surface area contributed by atoms with Crippen molar-refractivity contribution in [1.82, 2.24) is 9.97 Å². The summed E-state index contributed by atoms with van der Waals surface area (Å²) in [5.41, 5.74) is 4.77. The Bertz CT molecular complexity index is 2370. The lowest BCUT2D eigenvalue weighted by Gasteiger charge is -2.14. The summed E-state index contributed by atoms with van der Waals surface area (Å²) in [6.45, 7) is 13.6. The van der Waals surface area contributed by atoms with Gasteiger partial charge in [0, 0.05) is 27.9 Å². The molecule has 0 atom stereocenters. The molecule has 6 N–H and O–H groups in total. The van der Waals surface area contributed by atoms with Crippen LogP contribution in [0.3, 0.4) is 0 Å². The van der Waals surface area contributed by atoms with Crippen LogP contribution in [-0.2, 0) is 34.8 Å². The van der Waals surface area contributed by atoms with Gasteiger partial charge in [-0.05, 0) is 96.5 Å². The summed E-state index contributed by atoms with van der Waals surface area (Å²) in [4.78, 5) is 57.9. The van der Waals surface area contributed by atoms with Crippen molar-refractivity contribution in [3.63, 3.8) is 0 Å². The Morgan fingerprint density at radius 2 is 1.06 bits per heavy atom. The highest BCUT2D eigenvalue weighted by Gasteiger charge is 2.14. The number of benzene rings is 4. The molecule has 348 valence electrons. The molecule has 0 bridgehead atoms. The Balaban J connectivity index is 0.000000247. The van der Waals surface area contributed by atoms with E-state index in [9.17, 15) is 19.2 Å². The van der Waals surface area contributed by atoms with E-state index in [2.05, 4.69) is 58.9 Å². The van der Waals surface area contributed by atoms with Gasteiger partial charge in [0.25, 0.3) is 0 Å². The minimum absolute atomic E-state index is 0.0187. The predicted octanol–water partition coefficient (Wildman–Crippen LogP) is 11.4. The van der Waals surface area contributed by atoms with Crippen molar-refractivity contribution in [3.05, 3.63) is 129 Å². The van der Waals surface area contributed by atoms with Crippen LogP contribution in [-0.4, -0.2) is 57.4 Å². The minimum atomic E-state index is -0.876. The number of aryl methyl sites for hydroxylation is 2. The van der Waals surface area contributed by atoms with Crippen LogP contribution in [0.1, 0.15) is 59.7 Å². The Hall–Kier alpha value is -6.63. The standard InChI is InChI=1S/C24H27N3O5S.C24H27N3O4S2/c1-15(2)13-32-21-10-16(3)4-9-20(21)26-23(30)27-24-25-12-19(33-24)14-31-18-7-5-17(6-8-18)11-22(28)29;1-15(2)13-31-21-10-16(3)4-9-20(21)26-23(30)27-24-25-12-19(33-24)14-32-18-7-5-17(6-8-18)11-22(28)29/h2*4-10,12,15H,11,13-14H2,1-3H3,(H,28,29)(H2,25,26,27,30). The largest absolute Gasteiger partial charge is 0.491 e.